The van der Waals surface area contributed by atoms with Gasteiger partial charge in [0.25, 0.3) is 0 Å². The molecule has 2 nitrogen and oxygen atoms in total. The van der Waals surface area contributed by atoms with Crippen molar-refractivity contribution in [3.8, 4) is 0 Å². The van der Waals surface area contributed by atoms with E-state index in [0.717, 1.165) is 19.5 Å². The number of nitrogens with two attached hydrogens (primary N) is 1. The highest BCUT2D eigenvalue weighted by Crippen LogP contribution is 2.18. The number of nitrogens with one attached hydrogen (secondary N) is 1. The monoisotopic (exact) mass is 238 g/mol. The Morgan fingerprint density at radius 2 is 2.00 bits per heavy atom. The van der Waals surface area contributed by atoms with Crippen LogP contribution in [0.2, 0.25) is 0 Å². The average Bonchev–Trinajstić information content (AvgIpc) is 2.34. The number of rotatable bonds is 8. The highest BCUT2D eigenvalue weighted by atomic mass is 32.2. The molecule has 3 N–H and O–H groups in total. The zero-order valence-corrected chi connectivity index (χ0v) is 10.9. The molecule has 0 saturated heterocycles. The highest BCUT2D eigenvalue weighted by molar-refractivity contribution is 7.98. The molecule has 0 aliphatic rings. The van der Waals surface area contributed by atoms with Crippen molar-refractivity contribution in [2.24, 2.45) is 5.73 Å². The number of benzene rings is 1. The first-order valence-corrected chi connectivity index (χ1v) is 7.17. The first kappa shape index (κ1) is 13.4. The summed E-state index contributed by atoms with van der Waals surface area (Å²) in [4.78, 5) is 1.31. The van der Waals surface area contributed by atoms with Crippen LogP contribution in [-0.2, 0) is 0 Å². The first-order chi connectivity index (χ1) is 7.86. The zero-order chi connectivity index (χ0) is 11.6. The summed E-state index contributed by atoms with van der Waals surface area (Å²) in [6.07, 6.45) is 7.01. The summed E-state index contributed by atoms with van der Waals surface area (Å²) in [6, 6.07) is 8.56. The van der Waals surface area contributed by atoms with Crippen LogP contribution >= 0.6 is 11.8 Å². The van der Waals surface area contributed by atoms with Gasteiger partial charge in [-0.3, -0.25) is 0 Å². The van der Waals surface area contributed by atoms with Gasteiger partial charge in [0.15, 0.2) is 0 Å². The normalized spacial score (nSPS) is 10.4. The summed E-state index contributed by atoms with van der Waals surface area (Å²) in [5, 5.41) is 3.45. The molecule has 90 valence electrons. The van der Waals surface area contributed by atoms with E-state index in [-0.39, 0.29) is 0 Å². The third-order valence-corrected chi connectivity index (χ3v) is 3.26. The van der Waals surface area contributed by atoms with Crippen LogP contribution in [0.5, 0.6) is 0 Å². The molecule has 0 atom stereocenters. The third kappa shape index (κ3) is 5.42. The van der Waals surface area contributed by atoms with Crippen molar-refractivity contribution < 1.29 is 0 Å². The molecule has 0 spiro atoms. The van der Waals surface area contributed by atoms with Gasteiger partial charge in [-0.2, -0.15) is 0 Å². The van der Waals surface area contributed by atoms with E-state index in [1.807, 2.05) is 0 Å². The third-order valence-electron chi connectivity index (χ3n) is 2.53. The Balaban J connectivity index is 2.16. The topological polar surface area (TPSA) is 38.0 Å². The SMILES string of the molecule is CSc1cccc(NCCCCCCN)c1. The second-order valence-corrected chi connectivity index (χ2v) is 4.74. The molecule has 0 amide bonds. The Bertz CT molecular complexity index is 289. The van der Waals surface area contributed by atoms with Gasteiger partial charge in [0.2, 0.25) is 0 Å². The summed E-state index contributed by atoms with van der Waals surface area (Å²) in [7, 11) is 0. The van der Waals surface area contributed by atoms with Crippen LogP contribution in [0.15, 0.2) is 29.2 Å². The van der Waals surface area contributed by atoms with E-state index in [0.29, 0.717) is 0 Å². The van der Waals surface area contributed by atoms with Crippen LogP contribution in [0.3, 0.4) is 0 Å². The van der Waals surface area contributed by atoms with Crippen molar-refractivity contribution in [1.29, 1.82) is 0 Å². The average molecular weight is 238 g/mol. The molecule has 16 heavy (non-hydrogen) atoms. The van der Waals surface area contributed by atoms with E-state index >= 15 is 0 Å². The molecule has 0 heterocycles. The molecule has 0 saturated carbocycles. The Morgan fingerprint density at radius 1 is 1.19 bits per heavy atom. The lowest BCUT2D eigenvalue weighted by atomic mass is 10.2. The lowest BCUT2D eigenvalue weighted by Gasteiger charge is -2.07. The predicted octanol–water partition coefficient (Wildman–Crippen LogP) is 3.34. The molecule has 0 unspecified atom stereocenters. The quantitative estimate of drug-likeness (QED) is 0.539. The fourth-order valence-electron chi connectivity index (χ4n) is 1.59. The van der Waals surface area contributed by atoms with Crippen molar-refractivity contribution in [2.75, 3.05) is 24.7 Å². The number of anilines is 1. The minimum Gasteiger partial charge on any atom is -0.385 e. The fourth-order valence-corrected chi connectivity index (χ4v) is 2.05. The summed E-state index contributed by atoms with van der Waals surface area (Å²) in [5.74, 6) is 0. The zero-order valence-electron chi connectivity index (χ0n) is 10.0. The lowest BCUT2D eigenvalue weighted by molar-refractivity contribution is 0.661. The maximum atomic E-state index is 5.45. The molecule has 0 fully saturated rings. The standard InChI is InChI=1S/C13H22N2S/c1-16-13-8-6-7-12(11-13)15-10-5-3-2-4-9-14/h6-8,11,15H,2-5,9-10,14H2,1H3. The van der Waals surface area contributed by atoms with Crippen molar-refractivity contribution in [2.45, 2.75) is 30.6 Å². The molecule has 0 aliphatic carbocycles. The maximum absolute atomic E-state index is 5.45. The Morgan fingerprint density at radius 3 is 2.75 bits per heavy atom. The van der Waals surface area contributed by atoms with Gasteiger partial charge in [-0.05, 0) is 43.8 Å². The largest absolute Gasteiger partial charge is 0.385 e. The summed E-state index contributed by atoms with van der Waals surface area (Å²) < 4.78 is 0. The maximum Gasteiger partial charge on any atom is 0.0351 e. The fraction of sp³-hybridized carbons (Fsp3) is 0.538. The number of hydrogen-bond donors (Lipinski definition) is 2. The van der Waals surface area contributed by atoms with Crippen LogP contribution in [-0.4, -0.2) is 19.3 Å². The van der Waals surface area contributed by atoms with E-state index in [4.69, 9.17) is 5.73 Å². The van der Waals surface area contributed by atoms with E-state index < -0.39 is 0 Å². The van der Waals surface area contributed by atoms with Gasteiger partial charge in [-0.15, -0.1) is 11.8 Å². The Hall–Kier alpha value is -0.670. The van der Waals surface area contributed by atoms with Gasteiger partial charge in [-0.25, -0.2) is 0 Å². The van der Waals surface area contributed by atoms with E-state index in [1.165, 1.54) is 29.8 Å². The Labute approximate surface area is 103 Å². The molecular formula is C13H22N2S. The number of unbranched alkanes of at least 4 members (excludes halogenated alkanes) is 3. The van der Waals surface area contributed by atoms with Crippen molar-refractivity contribution >= 4 is 17.4 Å². The number of thioether (sulfide) groups is 1. The van der Waals surface area contributed by atoms with Crippen molar-refractivity contribution in [3.63, 3.8) is 0 Å². The molecule has 1 rings (SSSR count). The first-order valence-electron chi connectivity index (χ1n) is 5.95. The smallest absolute Gasteiger partial charge is 0.0351 e. The van der Waals surface area contributed by atoms with E-state index in [2.05, 4.69) is 35.8 Å². The molecule has 3 heteroatoms. The van der Waals surface area contributed by atoms with Crippen LogP contribution in [0.1, 0.15) is 25.7 Å². The van der Waals surface area contributed by atoms with Gasteiger partial charge in [-0.1, -0.05) is 18.9 Å². The second kappa shape index (κ2) is 8.48. The predicted molar refractivity (Wildman–Crippen MR) is 74.2 cm³/mol. The molecule has 0 aromatic heterocycles. The summed E-state index contributed by atoms with van der Waals surface area (Å²) >= 11 is 1.78. The minimum absolute atomic E-state index is 0.823. The second-order valence-electron chi connectivity index (χ2n) is 3.86. The molecule has 0 aliphatic heterocycles. The van der Waals surface area contributed by atoms with Crippen LogP contribution in [0, 0.1) is 0 Å². The number of hydrogen-bond acceptors (Lipinski definition) is 3. The summed E-state index contributed by atoms with van der Waals surface area (Å²) in [5.41, 5.74) is 6.68. The van der Waals surface area contributed by atoms with Crippen LogP contribution < -0.4 is 11.1 Å². The van der Waals surface area contributed by atoms with Gasteiger partial charge in [0.05, 0.1) is 0 Å². The van der Waals surface area contributed by atoms with Crippen molar-refractivity contribution in [3.05, 3.63) is 24.3 Å². The van der Waals surface area contributed by atoms with Gasteiger partial charge in [0, 0.05) is 17.1 Å². The molecule has 1 aromatic rings. The lowest BCUT2D eigenvalue weighted by Crippen LogP contribution is -2.02. The molecule has 1 aromatic carbocycles. The molecular weight excluding hydrogens is 216 g/mol. The van der Waals surface area contributed by atoms with E-state index in [1.54, 1.807) is 11.8 Å². The molecule has 0 radical (unpaired) electrons. The Kier molecular flexibility index (Phi) is 7.10. The van der Waals surface area contributed by atoms with Crippen LogP contribution in [0.4, 0.5) is 5.69 Å². The minimum atomic E-state index is 0.823. The van der Waals surface area contributed by atoms with Gasteiger partial charge in [0.1, 0.15) is 0 Å². The van der Waals surface area contributed by atoms with Crippen molar-refractivity contribution in [1.82, 2.24) is 0 Å². The van der Waals surface area contributed by atoms with Gasteiger partial charge >= 0.3 is 0 Å². The van der Waals surface area contributed by atoms with E-state index in [9.17, 15) is 0 Å². The van der Waals surface area contributed by atoms with Crippen LogP contribution in [0.25, 0.3) is 0 Å². The highest BCUT2D eigenvalue weighted by Gasteiger charge is 1.94. The summed E-state index contributed by atoms with van der Waals surface area (Å²) in [6.45, 7) is 1.88. The van der Waals surface area contributed by atoms with Gasteiger partial charge < -0.3 is 11.1 Å². The molecule has 0 bridgehead atoms.